The van der Waals surface area contributed by atoms with Crippen LogP contribution in [-0.4, -0.2) is 4.98 Å². The summed E-state index contributed by atoms with van der Waals surface area (Å²) in [6.45, 7) is 0. The van der Waals surface area contributed by atoms with Crippen LogP contribution < -0.4 is 5.73 Å². The molecule has 0 spiro atoms. The SMILES string of the molecule is NC(Cc1ccc(F)cc1Br)c1ccc2ccccc2n1. The highest BCUT2D eigenvalue weighted by Crippen LogP contribution is 2.24. The molecule has 21 heavy (non-hydrogen) atoms. The summed E-state index contributed by atoms with van der Waals surface area (Å²) >= 11 is 3.37. The van der Waals surface area contributed by atoms with Crippen molar-refractivity contribution >= 4 is 26.8 Å². The minimum Gasteiger partial charge on any atom is -0.322 e. The summed E-state index contributed by atoms with van der Waals surface area (Å²) in [6.07, 6.45) is 0.603. The van der Waals surface area contributed by atoms with Gasteiger partial charge in [-0.25, -0.2) is 4.39 Å². The monoisotopic (exact) mass is 344 g/mol. The summed E-state index contributed by atoms with van der Waals surface area (Å²) in [5, 5.41) is 1.09. The molecule has 0 aliphatic carbocycles. The second kappa shape index (κ2) is 5.92. The molecule has 3 rings (SSSR count). The lowest BCUT2D eigenvalue weighted by atomic mass is 10.0. The fourth-order valence-corrected chi connectivity index (χ4v) is 2.83. The molecule has 1 unspecified atom stereocenters. The Labute approximate surface area is 130 Å². The van der Waals surface area contributed by atoms with Crippen LogP contribution in [0.2, 0.25) is 0 Å². The molecule has 0 fully saturated rings. The molecule has 0 radical (unpaired) electrons. The summed E-state index contributed by atoms with van der Waals surface area (Å²) in [5.41, 5.74) is 8.99. The number of halogens is 2. The topological polar surface area (TPSA) is 38.9 Å². The number of pyridine rings is 1. The molecule has 106 valence electrons. The van der Waals surface area contributed by atoms with E-state index in [1.165, 1.54) is 12.1 Å². The fraction of sp³-hybridized carbons (Fsp3) is 0.118. The van der Waals surface area contributed by atoms with Gasteiger partial charge in [-0.3, -0.25) is 4.98 Å². The van der Waals surface area contributed by atoms with E-state index in [1.54, 1.807) is 6.07 Å². The van der Waals surface area contributed by atoms with E-state index in [1.807, 2.05) is 36.4 Å². The maximum Gasteiger partial charge on any atom is 0.124 e. The first kappa shape index (κ1) is 14.2. The standard InChI is InChI=1S/C17H14BrFN2/c18-14-10-13(19)7-5-12(14)9-15(20)17-8-6-11-3-1-2-4-16(11)21-17/h1-8,10,15H,9,20H2. The van der Waals surface area contributed by atoms with Crippen LogP contribution in [0.5, 0.6) is 0 Å². The van der Waals surface area contributed by atoms with Crippen molar-refractivity contribution in [2.24, 2.45) is 5.73 Å². The number of nitrogens with two attached hydrogens (primary N) is 1. The Bertz CT molecular complexity index is 789. The summed E-state index contributed by atoms with van der Waals surface area (Å²) in [7, 11) is 0. The molecule has 1 atom stereocenters. The molecule has 0 aliphatic rings. The Morgan fingerprint density at radius 1 is 1.10 bits per heavy atom. The molecule has 3 aromatic rings. The van der Waals surface area contributed by atoms with Crippen LogP contribution in [0.15, 0.2) is 59.1 Å². The number of hydrogen-bond acceptors (Lipinski definition) is 2. The van der Waals surface area contributed by atoms with Gasteiger partial charge in [-0.05, 0) is 36.2 Å². The number of para-hydroxylation sites is 1. The Kier molecular flexibility index (Phi) is 3.99. The summed E-state index contributed by atoms with van der Waals surface area (Å²) in [6, 6.07) is 16.3. The lowest BCUT2D eigenvalue weighted by Gasteiger charge is -2.13. The predicted octanol–water partition coefficient (Wildman–Crippen LogP) is 4.38. The van der Waals surface area contributed by atoms with E-state index >= 15 is 0 Å². The van der Waals surface area contributed by atoms with Gasteiger partial charge in [-0.15, -0.1) is 0 Å². The molecule has 4 heteroatoms. The predicted molar refractivity (Wildman–Crippen MR) is 86.5 cm³/mol. The van der Waals surface area contributed by atoms with Crippen LogP contribution >= 0.6 is 15.9 Å². The third kappa shape index (κ3) is 3.12. The third-order valence-corrected chi connectivity index (χ3v) is 4.19. The number of fused-ring (bicyclic) bond motifs is 1. The highest BCUT2D eigenvalue weighted by atomic mass is 79.9. The van der Waals surface area contributed by atoms with Crippen molar-refractivity contribution in [1.82, 2.24) is 4.98 Å². The van der Waals surface area contributed by atoms with E-state index in [4.69, 9.17) is 5.73 Å². The van der Waals surface area contributed by atoms with Crippen molar-refractivity contribution in [3.8, 4) is 0 Å². The first-order valence-corrected chi connectivity index (χ1v) is 7.48. The van der Waals surface area contributed by atoms with E-state index in [0.717, 1.165) is 26.6 Å². The lowest BCUT2D eigenvalue weighted by Crippen LogP contribution is -2.15. The summed E-state index contributed by atoms with van der Waals surface area (Å²) < 4.78 is 13.8. The van der Waals surface area contributed by atoms with Crippen molar-refractivity contribution in [3.05, 3.63) is 76.1 Å². The van der Waals surface area contributed by atoms with Crippen LogP contribution in [0.4, 0.5) is 4.39 Å². The maximum atomic E-state index is 13.1. The normalized spacial score (nSPS) is 12.5. The molecule has 2 N–H and O–H groups in total. The van der Waals surface area contributed by atoms with Crippen LogP contribution in [0, 0.1) is 5.82 Å². The molecule has 2 nitrogen and oxygen atoms in total. The average molecular weight is 345 g/mol. The van der Waals surface area contributed by atoms with Gasteiger partial charge in [-0.2, -0.15) is 0 Å². The number of benzene rings is 2. The first-order chi connectivity index (χ1) is 10.1. The van der Waals surface area contributed by atoms with Gasteiger partial charge in [-0.1, -0.05) is 46.3 Å². The molecule has 1 heterocycles. The number of hydrogen-bond donors (Lipinski definition) is 1. The Morgan fingerprint density at radius 3 is 2.71 bits per heavy atom. The van der Waals surface area contributed by atoms with Gasteiger partial charge in [0.15, 0.2) is 0 Å². The van der Waals surface area contributed by atoms with Gasteiger partial charge in [0.05, 0.1) is 17.3 Å². The van der Waals surface area contributed by atoms with Crippen LogP contribution in [0.25, 0.3) is 10.9 Å². The highest BCUT2D eigenvalue weighted by Gasteiger charge is 2.12. The largest absolute Gasteiger partial charge is 0.322 e. The van der Waals surface area contributed by atoms with Gasteiger partial charge in [0.1, 0.15) is 5.82 Å². The zero-order valence-electron chi connectivity index (χ0n) is 11.3. The summed E-state index contributed by atoms with van der Waals surface area (Å²) in [5.74, 6) is -0.261. The molecule has 2 aromatic carbocycles. The van der Waals surface area contributed by atoms with E-state index in [2.05, 4.69) is 20.9 Å². The van der Waals surface area contributed by atoms with Gasteiger partial charge in [0.25, 0.3) is 0 Å². The van der Waals surface area contributed by atoms with Gasteiger partial charge >= 0.3 is 0 Å². The third-order valence-electron chi connectivity index (χ3n) is 3.45. The zero-order chi connectivity index (χ0) is 14.8. The highest BCUT2D eigenvalue weighted by molar-refractivity contribution is 9.10. The second-order valence-electron chi connectivity index (χ2n) is 4.98. The Morgan fingerprint density at radius 2 is 1.90 bits per heavy atom. The van der Waals surface area contributed by atoms with Crippen LogP contribution in [0.3, 0.4) is 0 Å². The Hall–Kier alpha value is -1.78. The first-order valence-electron chi connectivity index (χ1n) is 6.69. The van der Waals surface area contributed by atoms with Gasteiger partial charge in [0.2, 0.25) is 0 Å². The second-order valence-corrected chi connectivity index (χ2v) is 5.83. The fourth-order valence-electron chi connectivity index (χ4n) is 2.32. The number of rotatable bonds is 3. The van der Waals surface area contributed by atoms with E-state index < -0.39 is 0 Å². The van der Waals surface area contributed by atoms with Crippen molar-refractivity contribution in [2.75, 3.05) is 0 Å². The van der Waals surface area contributed by atoms with Crippen molar-refractivity contribution in [1.29, 1.82) is 0 Å². The maximum absolute atomic E-state index is 13.1. The summed E-state index contributed by atoms with van der Waals surface area (Å²) in [4.78, 5) is 4.60. The van der Waals surface area contributed by atoms with Crippen molar-refractivity contribution < 1.29 is 4.39 Å². The smallest absolute Gasteiger partial charge is 0.124 e. The van der Waals surface area contributed by atoms with Gasteiger partial charge < -0.3 is 5.73 Å². The molecule has 0 aliphatic heterocycles. The van der Waals surface area contributed by atoms with Crippen molar-refractivity contribution in [3.63, 3.8) is 0 Å². The molecule has 0 amide bonds. The Balaban J connectivity index is 1.87. The lowest BCUT2D eigenvalue weighted by molar-refractivity contribution is 0.624. The minimum atomic E-state index is -0.261. The molecule has 0 saturated carbocycles. The van der Waals surface area contributed by atoms with E-state index in [0.29, 0.717) is 6.42 Å². The molecule has 1 aromatic heterocycles. The van der Waals surface area contributed by atoms with E-state index in [-0.39, 0.29) is 11.9 Å². The molecular formula is C17H14BrFN2. The molecular weight excluding hydrogens is 331 g/mol. The zero-order valence-corrected chi connectivity index (χ0v) is 12.8. The molecule has 0 saturated heterocycles. The molecule has 0 bridgehead atoms. The van der Waals surface area contributed by atoms with Gasteiger partial charge in [0, 0.05) is 9.86 Å². The minimum absolute atomic E-state index is 0.226. The quantitative estimate of drug-likeness (QED) is 0.765. The van der Waals surface area contributed by atoms with E-state index in [9.17, 15) is 4.39 Å². The van der Waals surface area contributed by atoms with Crippen LogP contribution in [0.1, 0.15) is 17.3 Å². The average Bonchev–Trinajstić information content (AvgIpc) is 2.49. The number of aromatic nitrogens is 1. The number of nitrogens with zero attached hydrogens (tertiary/aromatic N) is 1. The van der Waals surface area contributed by atoms with Crippen LogP contribution in [-0.2, 0) is 6.42 Å². The van der Waals surface area contributed by atoms with Crippen molar-refractivity contribution in [2.45, 2.75) is 12.5 Å².